The van der Waals surface area contributed by atoms with Crippen LogP contribution < -0.4 is 10.2 Å². The number of hydrogen-bond acceptors (Lipinski definition) is 5. The Balaban J connectivity index is 0.00000210. The number of anilines is 3. The predicted octanol–water partition coefficient (Wildman–Crippen LogP) is 5.29. The van der Waals surface area contributed by atoms with E-state index in [2.05, 4.69) is 20.2 Å². The van der Waals surface area contributed by atoms with E-state index in [1.54, 1.807) is 10.5 Å². The van der Waals surface area contributed by atoms with Gasteiger partial charge in [0, 0.05) is 37.0 Å². The first-order valence-corrected chi connectivity index (χ1v) is 9.04. The van der Waals surface area contributed by atoms with Crippen molar-refractivity contribution in [3.05, 3.63) is 59.5 Å². The number of rotatable bonds is 4. The van der Waals surface area contributed by atoms with E-state index in [1.807, 2.05) is 50.7 Å². The highest BCUT2D eigenvalue weighted by atomic mass is 79.9. The summed E-state index contributed by atoms with van der Waals surface area (Å²) in [5, 5.41) is 6.05. The molecule has 4 rings (SSSR count). The molecule has 0 aliphatic carbocycles. The van der Waals surface area contributed by atoms with Crippen LogP contribution in [0.15, 0.2) is 48.0 Å². The Morgan fingerprint density at radius 2 is 1.81 bits per heavy atom. The van der Waals surface area contributed by atoms with Crippen LogP contribution in [0.25, 0.3) is 17.0 Å². The van der Waals surface area contributed by atoms with Gasteiger partial charge in [0.05, 0.1) is 11.4 Å². The lowest BCUT2D eigenvalue weighted by molar-refractivity contribution is 0.619. The van der Waals surface area contributed by atoms with E-state index in [9.17, 15) is 4.39 Å². The average Bonchev–Trinajstić information content (AvgIpc) is 3.18. The van der Waals surface area contributed by atoms with Gasteiger partial charge in [-0.25, -0.2) is 14.4 Å². The number of pyridine rings is 1. The number of imidazole rings is 1. The van der Waals surface area contributed by atoms with E-state index in [4.69, 9.17) is 0 Å². The van der Waals surface area contributed by atoms with Crippen molar-refractivity contribution in [1.82, 2.24) is 14.4 Å². The van der Waals surface area contributed by atoms with Crippen molar-refractivity contribution in [2.75, 3.05) is 24.3 Å². The fraction of sp³-hybridized carbons (Fsp3) is 0.158. The van der Waals surface area contributed by atoms with Crippen LogP contribution in [0.2, 0.25) is 0 Å². The predicted molar refractivity (Wildman–Crippen MR) is 115 cm³/mol. The highest BCUT2D eigenvalue weighted by Crippen LogP contribution is 2.30. The van der Waals surface area contributed by atoms with Gasteiger partial charge in [-0.15, -0.1) is 28.3 Å². The molecule has 1 aromatic carbocycles. The molecular formula is C19H19BrFN5S. The smallest absolute Gasteiger partial charge is 0.187 e. The number of halogens is 2. The molecule has 0 amide bonds. The molecule has 0 unspecified atom stereocenters. The van der Waals surface area contributed by atoms with Crippen LogP contribution in [0, 0.1) is 12.7 Å². The lowest BCUT2D eigenvalue weighted by atomic mass is 10.2. The molecule has 3 aromatic heterocycles. The number of hydrogen-bond donors (Lipinski definition) is 1. The third-order valence-corrected chi connectivity index (χ3v) is 4.90. The van der Waals surface area contributed by atoms with Gasteiger partial charge in [0.2, 0.25) is 0 Å². The summed E-state index contributed by atoms with van der Waals surface area (Å²) in [6.07, 6.45) is 1.44. The molecule has 0 saturated heterocycles. The molecule has 8 heteroatoms. The SMILES string of the molecule is Br.Cc1nc2ccc(F)cn2c1-c1csc(Nc2ccc(N(C)C)cc2)n1. The van der Waals surface area contributed by atoms with Crippen molar-refractivity contribution in [2.45, 2.75) is 6.92 Å². The van der Waals surface area contributed by atoms with Crippen LogP contribution >= 0.6 is 28.3 Å². The molecule has 27 heavy (non-hydrogen) atoms. The van der Waals surface area contributed by atoms with Gasteiger partial charge in [0.15, 0.2) is 5.13 Å². The minimum absolute atomic E-state index is 0. The molecule has 3 heterocycles. The Bertz CT molecular complexity index is 1070. The van der Waals surface area contributed by atoms with Gasteiger partial charge in [0.1, 0.15) is 17.2 Å². The third-order valence-electron chi connectivity index (χ3n) is 4.14. The van der Waals surface area contributed by atoms with Gasteiger partial charge < -0.3 is 10.2 Å². The quantitative estimate of drug-likeness (QED) is 0.461. The summed E-state index contributed by atoms with van der Waals surface area (Å²) in [6.45, 7) is 1.91. The molecule has 0 saturated carbocycles. The number of benzene rings is 1. The second kappa shape index (κ2) is 7.66. The third kappa shape index (κ3) is 3.81. The zero-order valence-electron chi connectivity index (χ0n) is 15.1. The van der Waals surface area contributed by atoms with Crippen LogP contribution in [0.1, 0.15) is 5.69 Å². The summed E-state index contributed by atoms with van der Waals surface area (Å²) in [5.74, 6) is -0.300. The van der Waals surface area contributed by atoms with E-state index in [0.717, 1.165) is 33.6 Å². The van der Waals surface area contributed by atoms with Gasteiger partial charge in [-0.3, -0.25) is 4.40 Å². The fourth-order valence-electron chi connectivity index (χ4n) is 2.85. The van der Waals surface area contributed by atoms with Gasteiger partial charge >= 0.3 is 0 Å². The normalized spacial score (nSPS) is 10.7. The number of nitrogens with one attached hydrogen (secondary N) is 1. The lowest BCUT2D eigenvalue weighted by Crippen LogP contribution is -2.08. The van der Waals surface area contributed by atoms with Crippen LogP contribution in [-0.2, 0) is 0 Å². The number of nitrogens with zero attached hydrogens (tertiary/aromatic N) is 4. The molecule has 5 nitrogen and oxygen atoms in total. The summed E-state index contributed by atoms with van der Waals surface area (Å²) < 4.78 is 15.4. The molecule has 0 bridgehead atoms. The molecule has 0 radical (unpaired) electrons. The first-order chi connectivity index (χ1) is 12.5. The maximum absolute atomic E-state index is 13.6. The molecule has 140 valence electrons. The van der Waals surface area contributed by atoms with E-state index in [-0.39, 0.29) is 22.8 Å². The zero-order chi connectivity index (χ0) is 18.3. The van der Waals surface area contributed by atoms with E-state index < -0.39 is 0 Å². The van der Waals surface area contributed by atoms with Gasteiger partial charge in [-0.1, -0.05) is 0 Å². The van der Waals surface area contributed by atoms with Gasteiger partial charge in [-0.2, -0.15) is 0 Å². The first kappa shape index (κ1) is 19.3. The highest BCUT2D eigenvalue weighted by Gasteiger charge is 2.15. The van der Waals surface area contributed by atoms with E-state index >= 15 is 0 Å². The molecule has 0 spiro atoms. The largest absolute Gasteiger partial charge is 0.378 e. The highest BCUT2D eigenvalue weighted by molar-refractivity contribution is 8.93. The Morgan fingerprint density at radius 1 is 1.07 bits per heavy atom. The molecule has 0 atom stereocenters. The van der Waals surface area contributed by atoms with Crippen molar-refractivity contribution in [2.24, 2.45) is 0 Å². The minimum atomic E-state index is -0.300. The zero-order valence-corrected chi connectivity index (χ0v) is 17.6. The Kier molecular flexibility index (Phi) is 5.48. The van der Waals surface area contributed by atoms with E-state index in [0.29, 0.717) is 5.65 Å². The number of aryl methyl sites for hydroxylation is 1. The lowest BCUT2D eigenvalue weighted by Gasteiger charge is -2.12. The molecule has 0 aliphatic rings. The number of fused-ring (bicyclic) bond motifs is 1. The monoisotopic (exact) mass is 447 g/mol. The van der Waals surface area contributed by atoms with Gasteiger partial charge in [-0.05, 0) is 43.3 Å². The standard InChI is InChI=1S/C19H18FN5S.BrH/c1-12-18(25-10-13(20)4-9-17(25)21-12)16-11-26-19(23-16)22-14-5-7-15(8-6-14)24(2)3;/h4-11H,1-3H3,(H,22,23);1H. The van der Waals surface area contributed by atoms with Crippen molar-refractivity contribution in [3.8, 4) is 11.4 Å². The van der Waals surface area contributed by atoms with Crippen LogP contribution in [0.4, 0.5) is 20.9 Å². The summed E-state index contributed by atoms with van der Waals surface area (Å²) in [4.78, 5) is 11.2. The van der Waals surface area contributed by atoms with Crippen LogP contribution in [-0.4, -0.2) is 28.5 Å². The summed E-state index contributed by atoms with van der Waals surface area (Å²) in [6, 6.07) is 11.2. The maximum Gasteiger partial charge on any atom is 0.187 e. The maximum atomic E-state index is 13.6. The number of aromatic nitrogens is 3. The second-order valence-corrected chi connectivity index (χ2v) is 7.08. The molecule has 0 aliphatic heterocycles. The molecule has 4 aromatic rings. The first-order valence-electron chi connectivity index (χ1n) is 8.16. The molecule has 1 N–H and O–H groups in total. The summed E-state index contributed by atoms with van der Waals surface area (Å²) in [7, 11) is 4.02. The average molecular weight is 448 g/mol. The second-order valence-electron chi connectivity index (χ2n) is 6.23. The van der Waals surface area contributed by atoms with Crippen LogP contribution in [0.5, 0.6) is 0 Å². The molecular weight excluding hydrogens is 429 g/mol. The van der Waals surface area contributed by atoms with Crippen molar-refractivity contribution in [3.63, 3.8) is 0 Å². The Morgan fingerprint density at radius 3 is 2.52 bits per heavy atom. The van der Waals surface area contributed by atoms with E-state index in [1.165, 1.54) is 23.6 Å². The van der Waals surface area contributed by atoms with Crippen LogP contribution in [0.3, 0.4) is 0 Å². The fourth-order valence-corrected chi connectivity index (χ4v) is 3.57. The Labute approximate surface area is 171 Å². The van der Waals surface area contributed by atoms with Crippen molar-refractivity contribution < 1.29 is 4.39 Å². The molecule has 0 fully saturated rings. The van der Waals surface area contributed by atoms with Crippen molar-refractivity contribution >= 4 is 50.5 Å². The van der Waals surface area contributed by atoms with Gasteiger partial charge in [0.25, 0.3) is 0 Å². The minimum Gasteiger partial charge on any atom is -0.378 e. The summed E-state index contributed by atoms with van der Waals surface area (Å²) in [5.41, 5.74) is 5.23. The Hall–Kier alpha value is -2.45. The van der Waals surface area contributed by atoms with Crippen molar-refractivity contribution in [1.29, 1.82) is 0 Å². The topological polar surface area (TPSA) is 45.5 Å². The summed E-state index contributed by atoms with van der Waals surface area (Å²) >= 11 is 1.51. The number of thiazole rings is 1.